The molecule has 4 nitrogen and oxygen atoms in total. The highest BCUT2D eigenvalue weighted by molar-refractivity contribution is 5.90. The van der Waals surface area contributed by atoms with Gasteiger partial charge in [0.15, 0.2) is 0 Å². The van der Waals surface area contributed by atoms with E-state index >= 15 is 0 Å². The molecular weight excluding hydrogens is 312 g/mol. The van der Waals surface area contributed by atoms with Crippen LogP contribution in [0.3, 0.4) is 0 Å². The Kier molecular flexibility index (Phi) is 3.35. The summed E-state index contributed by atoms with van der Waals surface area (Å²) in [5.41, 5.74) is 3.09. The normalized spacial score (nSPS) is 32.2. The van der Waals surface area contributed by atoms with Gasteiger partial charge in [0, 0.05) is 12.2 Å². The number of rotatable bonds is 2. The molecule has 1 saturated heterocycles. The number of benzene rings is 2. The highest BCUT2D eigenvalue weighted by Gasteiger charge is 2.59. The van der Waals surface area contributed by atoms with E-state index in [1.165, 1.54) is 0 Å². The van der Waals surface area contributed by atoms with Gasteiger partial charge in [-0.3, -0.25) is 0 Å². The molecule has 3 fully saturated rings. The summed E-state index contributed by atoms with van der Waals surface area (Å²) >= 11 is 0. The molecule has 5 atom stereocenters. The molecule has 2 aromatic rings. The SMILES string of the molecule is O=C(Nc1ccc(-c2ccccc2)cc1)N1C[C@@H]2C[C@H]3C[C@H]2[C@@H]1[C@@H]3O. The first-order valence-electron chi connectivity index (χ1n) is 9.12. The first kappa shape index (κ1) is 15.0. The molecule has 1 heterocycles. The molecule has 128 valence electrons. The van der Waals surface area contributed by atoms with Crippen LogP contribution >= 0.6 is 0 Å². The van der Waals surface area contributed by atoms with Crippen molar-refractivity contribution < 1.29 is 9.90 Å². The average molecular weight is 334 g/mol. The third-order valence-corrected chi connectivity index (χ3v) is 6.35. The second-order valence-corrected chi connectivity index (χ2v) is 7.66. The number of carbonyl (C=O) groups is 1. The summed E-state index contributed by atoms with van der Waals surface area (Å²) in [6.07, 6.45) is 1.83. The van der Waals surface area contributed by atoms with Crippen LogP contribution in [0.25, 0.3) is 11.1 Å². The van der Waals surface area contributed by atoms with E-state index in [1.807, 2.05) is 47.4 Å². The smallest absolute Gasteiger partial charge is 0.322 e. The molecule has 1 aliphatic heterocycles. The quantitative estimate of drug-likeness (QED) is 0.882. The average Bonchev–Trinajstić information content (AvgIpc) is 3.26. The first-order valence-corrected chi connectivity index (χ1v) is 9.12. The molecule has 2 N–H and O–H groups in total. The number of anilines is 1. The lowest BCUT2D eigenvalue weighted by molar-refractivity contribution is 0.0631. The van der Waals surface area contributed by atoms with Gasteiger partial charge in [-0.2, -0.15) is 0 Å². The van der Waals surface area contributed by atoms with Crippen molar-refractivity contribution in [3.8, 4) is 11.1 Å². The molecule has 2 aliphatic carbocycles. The Bertz CT molecular complexity index is 787. The number of carbonyl (C=O) groups excluding carboxylic acids is 1. The molecule has 0 radical (unpaired) electrons. The van der Waals surface area contributed by atoms with Crippen molar-refractivity contribution in [3.05, 3.63) is 54.6 Å². The zero-order valence-corrected chi connectivity index (χ0v) is 14.0. The fourth-order valence-corrected chi connectivity index (χ4v) is 5.22. The van der Waals surface area contributed by atoms with Gasteiger partial charge in [-0.15, -0.1) is 0 Å². The van der Waals surface area contributed by atoms with Gasteiger partial charge in [0.1, 0.15) is 0 Å². The predicted molar refractivity (Wildman–Crippen MR) is 97.1 cm³/mol. The Morgan fingerprint density at radius 3 is 2.40 bits per heavy atom. The molecule has 2 amide bonds. The number of amides is 2. The second-order valence-electron chi connectivity index (χ2n) is 7.66. The molecule has 2 saturated carbocycles. The number of nitrogens with one attached hydrogen (secondary N) is 1. The van der Waals surface area contributed by atoms with Crippen LogP contribution in [-0.2, 0) is 0 Å². The zero-order chi connectivity index (χ0) is 17.0. The zero-order valence-electron chi connectivity index (χ0n) is 14.0. The highest BCUT2D eigenvalue weighted by Crippen LogP contribution is 2.54. The fraction of sp³-hybridized carbons (Fsp3) is 0.381. The number of urea groups is 1. The van der Waals surface area contributed by atoms with Gasteiger partial charge in [-0.25, -0.2) is 4.79 Å². The second kappa shape index (κ2) is 5.60. The lowest BCUT2D eigenvalue weighted by Crippen LogP contribution is -2.45. The van der Waals surface area contributed by atoms with Crippen molar-refractivity contribution >= 4 is 11.7 Å². The number of nitrogens with zero attached hydrogens (tertiary/aromatic N) is 1. The third kappa shape index (κ3) is 2.35. The van der Waals surface area contributed by atoms with E-state index in [0.29, 0.717) is 17.8 Å². The van der Waals surface area contributed by atoms with Crippen LogP contribution in [0.5, 0.6) is 0 Å². The van der Waals surface area contributed by atoms with Crippen molar-refractivity contribution in [2.75, 3.05) is 11.9 Å². The largest absolute Gasteiger partial charge is 0.391 e. The first-order chi connectivity index (χ1) is 12.2. The van der Waals surface area contributed by atoms with E-state index in [-0.39, 0.29) is 18.2 Å². The number of fused-ring (bicyclic) bond motifs is 1. The van der Waals surface area contributed by atoms with Gasteiger partial charge in [0.05, 0.1) is 12.1 Å². The summed E-state index contributed by atoms with van der Waals surface area (Å²) in [4.78, 5) is 14.6. The van der Waals surface area contributed by atoms with Gasteiger partial charge < -0.3 is 15.3 Å². The van der Waals surface area contributed by atoms with Gasteiger partial charge in [-0.1, -0.05) is 42.5 Å². The van der Waals surface area contributed by atoms with Crippen molar-refractivity contribution in [3.63, 3.8) is 0 Å². The maximum Gasteiger partial charge on any atom is 0.322 e. The molecule has 2 aromatic carbocycles. The van der Waals surface area contributed by atoms with Gasteiger partial charge in [-0.05, 0) is 53.9 Å². The Balaban J connectivity index is 1.30. The number of hydrogen-bond donors (Lipinski definition) is 2. The van der Waals surface area contributed by atoms with Gasteiger partial charge in [0.25, 0.3) is 0 Å². The van der Waals surface area contributed by atoms with Crippen LogP contribution in [0.1, 0.15) is 12.8 Å². The molecule has 0 spiro atoms. The Hall–Kier alpha value is -2.33. The summed E-state index contributed by atoms with van der Waals surface area (Å²) in [6.45, 7) is 0.789. The van der Waals surface area contributed by atoms with Crippen LogP contribution in [0, 0.1) is 17.8 Å². The Morgan fingerprint density at radius 2 is 1.68 bits per heavy atom. The van der Waals surface area contributed by atoms with E-state index in [1.54, 1.807) is 0 Å². The van der Waals surface area contributed by atoms with Crippen molar-refractivity contribution in [1.82, 2.24) is 4.90 Å². The van der Waals surface area contributed by atoms with E-state index in [9.17, 15) is 9.90 Å². The molecule has 4 heteroatoms. The van der Waals surface area contributed by atoms with Crippen LogP contribution < -0.4 is 5.32 Å². The minimum Gasteiger partial charge on any atom is -0.391 e. The van der Waals surface area contributed by atoms with Crippen molar-refractivity contribution in [2.45, 2.75) is 25.0 Å². The molecule has 0 aromatic heterocycles. The Labute approximate surface area is 147 Å². The number of aliphatic hydroxyl groups is 1. The van der Waals surface area contributed by atoms with E-state index < -0.39 is 0 Å². The van der Waals surface area contributed by atoms with Crippen molar-refractivity contribution in [1.29, 1.82) is 0 Å². The van der Waals surface area contributed by atoms with E-state index in [0.717, 1.165) is 36.2 Å². The maximum absolute atomic E-state index is 12.7. The lowest BCUT2D eigenvalue weighted by Gasteiger charge is -2.28. The van der Waals surface area contributed by atoms with E-state index in [4.69, 9.17) is 0 Å². The number of likely N-dealkylation sites (tertiary alicyclic amines) is 1. The lowest BCUT2D eigenvalue weighted by atomic mass is 9.88. The summed E-state index contributed by atoms with van der Waals surface area (Å²) in [7, 11) is 0. The maximum atomic E-state index is 12.7. The summed E-state index contributed by atoms with van der Waals surface area (Å²) in [6, 6.07) is 18.1. The molecule has 5 rings (SSSR count). The minimum absolute atomic E-state index is 0.0207. The van der Waals surface area contributed by atoms with Gasteiger partial charge in [0.2, 0.25) is 0 Å². The summed E-state index contributed by atoms with van der Waals surface area (Å²) in [5.74, 6) is 1.50. The minimum atomic E-state index is -0.338. The van der Waals surface area contributed by atoms with Crippen molar-refractivity contribution in [2.24, 2.45) is 17.8 Å². The third-order valence-electron chi connectivity index (χ3n) is 6.35. The number of hydrogen-bond acceptors (Lipinski definition) is 2. The summed E-state index contributed by atoms with van der Waals surface area (Å²) < 4.78 is 0. The number of aliphatic hydroxyl groups excluding tert-OH is 1. The topological polar surface area (TPSA) is 52.6 Å². The van der Waals surface area contributed by atoms with Gasteiger partial charge >= 0.3 is 6.03 Å². The van der Waals surface area contributed by atoms with Crippen LogP contribution in [-0.4, -0.2) is 34.7 Å². The molecular formula is C21H22N2O2. The van der Waals surface area contributed by atoms with Crippen LogP contribution in [0.4, 0.5) is 10.5 Å². The summed E-state index contributed by atoms with van der Waals surface area (Å²) in [5, 5.41) is 13.4. The predicted octanol–water partition coefficient (Wildman–Crippen LogP) is 3.59. The van der Waals surface area contributed by atoms with Crippen LogP contribution in [0.15, 0.2) is 54.6 Å². The fourth-order valence-electron chi connectivity index (χ4n) is 5.22. The van der Waals surface area contributed by atoms with E-state index in [2.05, 4.69) is 17.4 Å². The standard InChI is InChI=1S/C21H22N2O2/c24-20-15-10-16-12-23(19(20)18(16)11-15)21(25)22-17-8-6-14(7-9-17)13-4-2-1-3-5-13/h1-9,15-16,18-20,24H,10-12H2,(H,22,25)/t15-,16-,18+,19+,20+/m0/s1. The van der Waals surface area contributed by atoms with Crippen LogP contribution in [0.2, 0.25) is 0 Å². The molecule has 0 unspecified atom stereocenters. The monoisotopic (exact) mass is 334 g/mol. The molecule has 2 bridgehead atoms. The highest BCUT2D eigenvalue weighted by atomic mass is 16.3. The molecule has 3 aliphatic rings. The Morgan fingerprint density at radius 1 is 0.960 bits per heavy atom. The molecule has 25 heavy (non-hydrogen) atoms.